The van der Waals surface area contributed by atoms with E-state index in [-0.39, 0.29) is 38.3 Å². The Bertz CT molecular complexity index is 1580. The maximum atomic E-state index is 13.3. The molecule has 0 saturated carbocycles. The van der Waals surface area contributed by atoms with Gasteiger partial charge in [-0.25, -0.2) is 0 Å². The van der Waals surface area contributed by atoms with Crippen molar-refractivity contribution in [1.29, 1.82) is 10.8 Å². The van der Waals surface area contributed by atoms with Gasteiger partial charge in [-0.1, -0.05) is 0 Å². The van der Waals surface area contributed by atoms with Gasteiger partial charge in [0.2, 0.25) is 41.4 Å². The fourth-order valence-electron chi connectivity index (χ4n) is 4.65. The molecule has 332 valence electrons. The summed E-state index contributed by atoms with van der Waals surface area (Å²) in [4.78, 5) is 124. The molecule has 8 atom stereocenters. The summed E-state index contributed by atoms with van der Waals surface area (Å²) in [6, 6.07) is -11.7. The zero-order valence-electron chi connectivity index (χ0n) is 32.9. The molecule has 0 aromatic rings. The van der Waals surface area contributed by atoms with Gasteiger partial charge in [0, 0.05) is 13.1 Å². The summed E-state index contributed by atoms with van der Waals surface area (Å²) < 4.78 is 0. The molecule has 0 unspecified atom stereocenters. The highest BCUT2D eigenvalue weighted by Gasteiger charge is 2.32. The smallest absolute Gasteiger partial charge is 0.325 e. The lowest BCUT2D eigenvalue weighted by atomic mass is 10.1. The first-order chi connectivity index (χ1) is 27.3. The quantitative estimate of drug-likeness (QED) is 0.0208. The Balaban J connectivity index is 5.77. The van der Waals surface area contributed by atoms with Gasteiger partial charge in [-0.05, 0) is 53.4 Å². The van der Waals surface area contributed by atoms with E-state index in [0.29, 0.717) is 6.42 Å². The van der Waals surface area contributed by atoms with Crippen LogP contribution in [0, 0.1) is 10.8 Å². The van der Waals surface area contributed by atoms with E-state index in [2.05, 4.69) is 42.5 Å². The van der Waals surface area contributed by atoms with Gasteiger partial charge in [0.1, 0.15) is 42.3 Å². The van der Waals surface area contributed by atoms with E-state index in [0.717, 1.165) is 13.8 Å². The molecule has 0 spiro atoms. The number of hydrogen-bond donors (Lipinski definition) is 17. The zero-order chi connectivity index (χ0) is 45.6. The maximum absolute atomic E-state index is 13.3. The van der Waals surface area contributed by atoms with Crippen molar-refractivity contribution in [2.24, 2.45) is 17.2 Å². The lowest BCUT2D eigenvalue weighted by Gasteiger charge is -2.25. The van der Waals surface area contributed by atoms with Gasteiger partial charge < -0.3 is 80.4 Å². The van der Waals surface area contributed by atoms with Crippen molar-refractivity contribution < 1.29 is 63.3 Å². The summed E-state index contributed by atoms with van der Waals surface area (Å²) in [5.41, 5.74) is 16.3. The summed E-state index contributed by atoms with van der Waals surface area (Å²) in [6.45, 7) is 5.00. The molecule has 7 amide bonds. The van der Waals surface area contributed by atoms with E-state index in [4.69, 9.17) is 33.1 Å². The standard InChI is InChI=1S/C32H56N14O13/c1-13(40-26(54)17(33)7-5-9-38-31(34)35)24(52)45-19(11-21(47)48)28(56)42-14(2)23(51)44-18(8-6-10-39-32(36)37)27(55)41-15(3)25(53)46-20(12-22(49)50)29(57)43-16(4)30(58)59/h13-20H,5-12,33H2,1-4H3,(H,40,54)(H,41,55)(H,42,56)(H,43,57)(H,44,51)(H,45,52)(H,46,53)(H,47,48)(H,49,50)(H,58,59)(H4,34,35,38)(H4,36,37,39)/t13-,14-,15-,16-,17-,18-,19-,20-/m0/s1. The molecule has 0 rings (SSSR count). The molecule has 0 radical (unpaired) electrons. The van der Waals surface area contributed by atoms with Crippen LogP contribution in [0.5, 0.6) is 0 Å². The van der Waals surface area contributed by atoms with Crippen LogP contribution in [0.15, 0.2) is 0 Å². The monoisotopic (exact) mass is 844 g/mol. The molecule has 0 aromatic carbocycles. The summed E-state index contributed by atoms with van der Waals surface area (Å²) in [5.74, 6) is -12.1. The molecular formula is C32H56N14O13. The van der Waals surface area contributed by atoms with Crippen LogP contribution in [0.2, 0.25) is 0 Å². The van der Waals surface area contributed by atoms with Crippen LogP contribution >= 0.6 is 0 Å². The van der Waals surface area contributed by atoms with Crippen molar-refractivity contribution in [1.82, 2.24) is 47.9 Å². The fraction of sp³-hybridized carbons (Fsp3) is 0.625. The first-order valence-corrected chi connectivity index (χ1v) is 18.1. The number of carbonyl (C=O) groups is 10. The van der Waals surface area contributed by atoms with E-state index in [1.165, 1.54) is 13.8 Å². The molecule has 0 saturated heterocycles. The second-order valence-electron chi connectivity index (χ2n) is 13.2. The van der Waals surface area contributed by atoms with Crippen LogP contribution in [0.3, 0.4) is 0 Å². The summed E-state index contributed by atoms with van der Waals surface area (Å²) in [7, 11) is 0. The van der Waals surface area contributed by atoms with Crippen LogP contribution in [0.1, 0.15) is 66.2 Å². The Morgan fingerprint density at radius 3 is 1.15 bits per heavy atom. The van der Waals surface area contributed by atoms with Gasteiger partial charge in [0.15, 0.2) is 11.9 Å². The Kier molecular flexibility index (Phi) is 23.2. The topological polar surface area (TPSA) is 465 Å². The van der Waals surface area contributed by atoms with Crippen LogP contribution in [0.25, 0.3) is 0 Å². The second kappa shape index (κ2) is 26.2. The van der Waals surface area contributed by atoms with Gasteiger partial charge in [0.05, 0.1) is 18.9 Å². The van der Waals surface area contributed by atoms with Gasteiger partial charge >= 0.3 is 17.9 Å². The van der Waals surface area contributed by atoms with Crippen LogP contribution in [-0.4, -0.2) is 148 Å². The van der Waals surface area contributed by atoms with Crippen molar-refractivity contribution in [3.63, 3.8) is 0 Å². The van der Waals surface area contributed by atoms with Crippen LogP contribution < -0.4 is 65.1 Å². The summed E-state index contributed by atoms with van der Waals surface area (Å²) in [6.07, 6.45) is -1.42. The molecule has 0 fully saturated rings. The Labute approximate surface area is 337 Å². The molecule has 0 aliphatic rings. The highest BCUT2D eigenvalue weighted by Crippen LogP contribution is 2.03. The number of aliphatic carboxylic acids is 3. The number of carbonyl (C=O) groups excluding carboxylic acids is 7. The van der Waals surface area contributed by atoms with Crippen LogP contribution in [0.4, 0.5) is 0 Å². The molecule has 0 aliphatic carbocycles. The van der Waals surface area contributed by atoms with E-state index in [1.807, 2.05) is 5.32 Å². The zero-order valence-corrected chi connectivity index (χ0v) is 32.9. The molecule has 20 N–H and O–H groups in total. The first kappa shape index (κ1) is 52.2. The number of hydrogen-bond acceptors (Lipinski definition) is 13. The normalized spacial score (nSPS) is 14.7. The fourth-order valence-corrected chi connectivity index (χ4v) is 4.65. The third-order valence-corrected chi connectivity index (χ3v) is 7.97. The number of carboxylic acids is 3. The lowest BCUT2D eigenvalue weighted by molar-refractivity contribution is -0.143. The Morgan fingerprint density at radius 1 is 0.475 bits per heavy atom. The lowest BCUT2D eigenvalue weighted by Crippen LogP contribution is -2.59. The van der Waals surface area contributed by atoms with Crippen molar-refractivity contribution >= 4 is 71.2 Å². The van der Waals surface area contributed by atoms with E-state index >= 15 is 0 Å². The molecule has 0 bridgehead atoms. The average Bonchev–Trinajstić information content (AvgIpc) is 3.12. The minimum atomic E-state index is -1.75. The molecule has 27 nitrogen and oxygen atoms in total. The number of rotatable bonds is 27. The molecular weight excluding hydrogens is 788 g/mol. The number of nitrogens with two attached hydrogens (primary N) is 3. The highest BCUT2D eigenvalue weighted by molar-refractivity contribution is 5.98. The first-order valence-electron chi connectivity index (χ1n) is 18.1. The average molecular weight is 845 g/mol. The van der Waals surface area contributed by atoms with Gasteiger partial charge in [0.25, 0.3) is 0 Å². The third-order valence-electron chi connectivity index (χ3n) is 7.97. The minimum absolute atomic E-state index is 0.0536. The van der Waals surface area contributed by atoms with Crippen molar-refractivity contribution in [2.45, 2.75) is 115 Å². The van der Waals surface area contributed by atoms with Crippen LogP contribution in [-0.2, 0) is 47.9 Å². The molecule has 0 heterocycles. The van der Waals surface area contributed by atoms with Gasteiger partial charge in [-0.3, -0.25) is 58.8 Å². The highest BCUT2D eigenvalue weighted by atomic mass is 16.4. The number of amides is 7. The van der Waals surface area contributed by atoms with E-state index in [9.17, 15) is 58.2 Å². The third kappa shape index (κ3) is 21.9. The number of guanidine groups is 2. The minimum Gasteiger partial charge on any atom is -0.481 e. The second-order valence-corrected chi connectivity index (χ2v) is 13.2. The van der Waals surface area contributed by atoms with E-state index in [1.54, 1.807) is 0 Å². The predicted octanol–water partition coefficient (Wildman–Crippen LogP) is -6.65. The van der Waals surface area contributed by atoms with Crippen molar-refractivity contribution in [3.05, 3.63) is 0 Å². The van der Waals surface area contributed by atoms with Crippen molar-refractivity contribution in [3.8, 4) is 0 Å². The Morgan fingerprint density at radius 2 is 0.797 bits per heavy atom. The SMILES string of the molecule is C[C@H](NC(=O)[C@H](CC(=O)O)NC(=O)[C@H](C)NC(=O)[C@H](CCCNC(=N)N)NC(=O)[C@H](C)NC(=O)[C@H](CC(=O)O)NC(=O)[C@H](C)NC(=O)[C@@H](N)CCCNC(=N)N)C(=O)O. The molecule has 59 heavy (non-hydrogen) atoms. The number of nitrogens with one attached hydrogen (secondary N) is 11. The number of carboxylic acid groups (broad SMARTS) is 3. The van der Waals surface area contributed by atoms with Gasteiger partial charge in [-0.15, -0.1) is 0 Å². The largest absolute Gasteiger partial charge is 0.481 e. The molecule has 0 aliphatic heterocycles. The van der Waals surface area contributed by atoms with Gasteiger partial charge in [-0.2, -0.15) is 0 Å². The van der Waals surface area contributed by atoms with E-state index < -0.39 is 126 Å². The molecule has 0 aromatic heterocycles. The molecule has 27 heteroatoms. The Hall–Kier alpha value is -6.80. The summed E-state index contributed by atoms with van der Waals surface area (Å²) in [5, 5.41) is 62.7. The summed E-state index contributed by atoms with van der Waals surface area (Å²) >= 11 is 0. The maximum Gasteiger partial charge on any atom is 0.325 e. The van der Waals surface area contributed by atoms with Crippen molar-refractivity contribution in [2.75, 3.05) is 13.1 Å². The predicted molar refractivity (Wildman–Crippen MR) is 205 cm³/mol.